The second-order valence-corrected chi connectivity index (χ2v) is 7.10. The number of morpholine rings is 1. The molecule has 6 nitrogen and oxygen atoms in total. The smallest absolute Gasteiger partial charge is 0.282 e. The van der Waals surface area contributed by atoms with Crippen LogP contribution < -0.4 is 15.3 Å². The van der Waals surface area contributed by atoms with Gasteiger partial charge in [-0.1, -0.05) is 18.2 Å². The lowest BCUT2D eigenvalue weighted by Gasteiger charge is -2.28. The van der Waals surface area contributed by atoms with E-state index in [9.17, 15) is 9.59 Å². The third-order valence-electron chi connectivity index (χ3n) is 5.22. The van der Waals surface area contributed by atoms with E-state index >= 15 is 0 Å². The summed E-state index contributed by atoms with van der Waals surface area (Å²) in [5, 5.41) is 1.31. The third-order valence-corrected chi connectivity index (χ3v) is 5.22. The molecule has 2 aromatic carbocycles. The van der Waals surface area contributed by atoms with Gasteiger partial charge in [-0.15, -0.1) is 0 Å². The Kier molecular flexibility index (Phi) is 4.88. The topological polar surface area (TPSA) is 61.9 Å². The average Bonchev–Trinajstić information content (AvgIpc) is 2.99. The molecule has 2 saturated heterocycles. The van der Waals surface area contributed by atoms with Gasteiger partial charge in [0.2, 0.25) is 0 Å². The van der Waals surface area contributed by atoms with E-state index in [1.807, 2.05) is 56.3 Å². The van der Waals surface area contributed by atoms with E-state index in [1.165, 1.54) is 5.01 Å². The van der Waals surface area contributed by atoms with Crippen LogP contribution in [0.15, 0.2) is 48.0 Å². The van der Waals surface area contributed by atoms with Crippen LogP contribution in [-0.2, 0) is 14.3 Å². The lowest BCUT2D eigenvalue weighted by Crippen LogP contribution is -2.36. The molecule has 2 aromatic rings. The molecule has 28 heavy (non-hydrogen) atoms. The number of ether oxygens (including phenoxy) is 1. The highest BCUT2D eigenvalue weighted by atomic mass is 16.5. The molecule has 2 fully saturated rings. The molecule has 0 aromatic heterocycles. The van der Waals surface area contributed by atoms with Crippen LogP contribution >= 0.6 is 0 Å². The van der Waals surface area contributed by atoms with Crippen LogP contribution in [0.3, 0.4) is 0 Å². The molecule has 0 aliphatic carbocycles. The molecule has 0 spiro atoms. The van der Waals surface area contributed by atoms with Gasteiger partial charge < -0.3 is 9.64 Å². The van der Waals surface area contributed by atoms with Gasteiger partial charge >= 0.3 is 0 Å². The van der Waals surface area contributed by atoms with E-state index in [0.717, 1.165) is 48.7 Å². The summed E-state index contributed by atoms with van der Waals surface area (Å²) in [4.78, 5) is 27.4. The molecule has 144 valence electrons. The van der Waals surface area contributed by atoms with Gasteiger partial charge in [0.25, 0.3) is 11.8 Å². The lowest BCUT2D eigenvalue weighted by atomic mass is 10.1. The van der Waals surface area contributed by atoms with Crippen molar-refractivity contribution in [2.24, 2.45) is 0 Å². The minimum atomic E-state index is -0.388. The molecule has 0 atom stereocenters. The van der Waals surface area contributed by atoms with Crippen LogP contribution in [0.25, 0.3) is 6.08 Å². The number of aryl methyl sites for hydroxylation is 2. The van der Waals surface area contributed by atoms with Crippen LogP contribution in [0, 0.1) is 13.8 Å². The van der Waals surface area contributed by atoms with E-state index in [4.69, 9.17) is 4.74 Å². The fraction of sp³-hybridized carbons (Fsp3) is 0.273. The number of anilines is 2. The van der Waals surface area contributed by atoms with Gasteiger partial charge in [0.1, 0.15) is 5.57 Å². The fourth-order valence-corrected chi connectivity index (χ4v) is 3.37. The summed E-state index contributed by atoms with van der Waals surface area (Å²) in [6.07, 6.45) is 1.64. The summed E-state index contributed by atoms with van der Waals surface area (Å²) < 4.78 is 5.38. The van der Waals surface area contributed by atoms with Gasteiger partial charge in [0.15, 0.2) is 0 Å². The van der Waals surface area contributed by atoms with E-state index in [0.29, 0.717) is 5.69 Å². The molecule has 2 heterocycles. The molecule has 0 radical (unpaired) electrons. The number of rotatable bonds is 3. The first kappa shape index (κ1) is 18.3. The predicted molar refractivity (Wildman–Crippen MR) is 109 cm³/mol. The molecule has 6 heteroatoms. The number of benzene rings is 2. The Balaban J connectivity index is 1.54. The van der Waals surface area contributed by atoms with Crippen molar-refractivity contribution < 1.29 is 14.3 Å². The van der Waals surface area contributed by atoms with Crippen LogP contribution in [0.5, 0.6) is 0 Å². The Labute approximate surface area is 164 Å². The number of hydrogen-bond acceptors (Lipinski definition) is 4. The van der Waals surface area contributed by atoms with Crippen molar-refractivity contribution in [3.63, 3.8) is 0 Å². The normalized spacial score (nSPS) is 18.7. The van der Waals surface area contributed by atoms with E-state index in [2.05, 4.69) is 10.3 Å². The minimum absolute atomic E-state index is 0.136. The molecule has 2 aliphatic rings. The zero-order chi connectivity index (χ0) is 19.7. The molecular weight excluding hydrogens is 354 g/mol. The number of amides is 2. The van der Waals surface area contributed by atoms with Crippen LogP contribution in [0.4, 0.5) is 11.4 Å². The number of nitrogens with one attached hydrogen (secondary N) is 1. The van der Waals surface area contributed by atoms with Crippen molar-refractivity contribution in [2.75, 3.05) is 36.2 Å². The lowest BCUT2D eigenvalue weighted by molar-refractivity contribution is -0.117. The molecule has 1 N–H and O–H groups in total. The van der Waals surface area contributed by atoms with Gasteiger partial charge in [-0.05, 0) is 60.9 Å². The minimum Gasteiger partial charge on any atom is -0.378 e. The summed E-state index contributed by atoms with van der Waals surface area (Å²) in [5.74, 6) is -0.731. The highest BCUT2D eigenvalue weighted by Crippen LogP contribution is 2.24. The summed E-state index contributed by atoms with van der Waals surface area (Å²) >= 11 is 0. The van der Waals surface area contributed by atoms with Crippen molar-refractivity contribution >= 4 is 29.3 Å². The van der Waals surface area contributed by atoms with Gasteiger partial charge in [-0.25, -0.2) is 5.01 Å². The van der Waals surface area contributed by atoms with Crippen LogP contribution in [-0.4, -0.2) is 38.1 Å². The zero-order valence-electron chi connectivity index (χ0n) is 16.1. The van der Waals surface area contributed by atoms with Gasteiger partial charge in [0.05, 0.1) is 18.9 Å². The third kappa shape index (κ3) is 3.51. The Morgan fingerprint density at radius 2 is 1.61 bits per heavy atom. The second kappa shape index (κ2) is 7.48. The molecular formula is C22H23N3O3. The monoisotopic (exact) mass is 377 g/mol. The first-order valence-electron chi connectivity index (χ1n) is 9.40. The van der Waals surface area contributed by atoms with Crippen molar-refractivity contribution in [3.05, 3.63) is 64.7 Å². The van der Waals surface area contributed by atoms with E-state index in [-0.39, 0.29) is 17.4 Å². The van der Waals surface area contributed by atoms with Crippen molar-refractivity contribution in [1.82, 2.24) is 5.43 Å². The Morgan fingerprint density at radius 3 is 2.29 bits per heavy atom. The Morgan fingerprint density at radius 1 is 0.929 bits per heavy atom. The summed E-state index contributed by atoms with van der Waals surface area (Å²) in [5.41, 5.74) is 7.59. The average molecular weight is 377 g/mol. The predicted octanol–water partition coefficient (Wildman–Crippen LogP) is 2.60. The first-order chi connectivity index (χ1) is 13.5. The number of carbonyl (C=O) groups excluding carboxylic acids is 2. The van der Waals surface area contributed by atoms with E-state index in [1.54, 1.807) is 6.08 Å². The molecule has 4 rings (SSSR count). The maximum absolute atomic E-state index is 12.8. The zero-order valence-corrected chi connectivity index (χ0v) is 16.1. The summed E-state index contributed by atoms with van der Waals surface area (Å²) in [6, 6.07) is 13.5. The van der Waals surface area contributed by atoms with Crippen LogP contribution in [0.1, 0.15) is 16.7 Å². The van der Waals surface area contributed by atoms with Crippen LogP contribution in [0.2, 0.25) is 0 Å². The number of nitrogens with zero attached hydrogens (tertiary/aromatic N) is 2. The fourth-order valence-electron chi connectivity index (χ4n) is 3.37. The second-order valence-electron chi connectivity index (χ2n) is 7.10. The number of carbonyl (C=O) groups is 2. The van der Waals surface area contributed by atoms with Crippen molar-refractivity contribution in [3.8, 4) is 0 Å². The molecule has 0 bridgehead atoms. The van der Waals surface area contributed by atoms with Gasteiger partial charge in [-0.2, -0.15) is 0 Å². The van der Waals surface area contributed by atoms with Gasteiger partial charge in [0, 0.05) is 18.8 Å². The van der Waals surface area contributed by atoms with Crippen molar-refractivity contribution in [1.29, 1.82) is 0 Å². The highest BCUT2D eigenvalue weighted by Gasteiger charge is 2.34. The highest BCUT2D eigenvalue weighted by molar-refractivity contribution is 6.31. The molecule has 0 unspecified atom stereocenters. The first-order valence-corrected chi connectivity index (χ1v) is 9.40. The maximum Gasteiger partial charge on any atom is 0.282 e. The molecule has 0 saturated carbocycles. The quantitative estimate of drug-likeness (QED) is 0.660. The van der Waals surface area contributed by atoms with Gasteiger partial charge in [-0.3, -0.25) is 15.0 Å². The molecule has 2 aliphatic heterocycles. The SMILES string of the molecule is Cc1ccc(N2NC(=O)C(=Cc3ccc(N4CCOCC4)cc3)C2=O)cc1C. The summed E-state index contributed by atoms with van der Waals surface area (Å²) in [6.45, 7) is 7.19. The Bertz CT molecular complexity index is 944. The van der Waals surface area contributed by atoms with E-state index < -0.39 is 0 Å². The maximum atomic E-state index is 12.8. The number of hydrogen-bond donors (Lipinski definition) is 1. The standard InChI is InChI=1S/C22H23N3O3/c1-15-3-6-19(13-16(15)2)25-22(27)20(21(26)23-25)14-17-4-7-18(8-5-17)24-9-11-28-12-10-24/h3-8,13-14H,9-12H2,1-2H3,(H,23,26). The largest absolute Gasteiger partial charge is 0.378 e. The Hall–Kier alpha value is -3.12. The van der Waals surface area contributed by atoms with Crippen molar-refractivity contribution in [2.45, 2.75) is 13.8 Å². The summed E-state index contributed by atoms with van der Waals surface area (Å²) in [7, 11) is 0. The number of hydrazine groups is 1. The molecule has 2 amide bonds.